The first kappa shape index (κ1) is 22.8. The molecule has 0 fully saturated rings. The Hall–Kier alpha value is -3.97. The monoisotopic (exact) mass is 529 g/mol. The van der Waals surface area contributed by atoms with Gasteiger partial charge in [0.2, 0.25) is 5.76 Å². The van der Waals surface area contributed by atoms with Gasteiger partial charge in [-0.15, -0.1) is 0 Å². The van der Waals surface area contributed by atoms with Crippen molar-refractivity contribution >= 4 is 44.3 Å². The number of nitrogens with zero attached hydrogens (tertiary/aromatic N) is 1. The molecule has 0 N–H and O–H groups in total. The van der Waals surface area contributed by atoms with Gasteiger partial charge in [-0.2, -0.15) is 0 Å². The lowest BCUT2D eigenvalue weighted by molar-refractivity contribution is 0.0970. The van der Waals surface area contributed by atoms with Crippen molar-refractivity contribution in [1.29, 1.82) is 0 Å². The number of hydrogen-bond donors (Lipinski definition) is 0. The van der Waals surface area contributed by atoms with E-state index in [1.807, 2.05) is 12.1 Å². The average molecular weight is 530 g/mol. The van der Waals surface area contributed by atoms with Gasteiger partial charge < -0.3 is 9.15 Å². The molecule has 7 heteroatoms. The maximum Gasteiger partial charge on any atom is 0.295 e. The third kappa shape index (κ3) is 3.98. The number of benzene rings is 3. The van der Waals surface area contributed by atoms with Crippen LogP contribution in [-0.2, 0) is 0 Å². The number of amides is 1. The molecule has 0 saturated carbocycles. The zero-order chi connectivity index (χ0) is 24.7. The highest BCUT2D eigenvalue weighted by Crippen LogP contribution is 2.42. The van der Waals surface area contributed by atoms with E-state index in [0.29, 0.717) is 40.1 Å². The zero-order valence-electron chi connectivity index (χ0n) is 18.8. The number of halogens is 1. The number of hydrogen-bond acceptors (Lipinski definition) is 5. The first-order chi connectivity index (χ1) is 16.9. The van der Waals surface area contributed by atoms with Gasteiger partial charge in [0.05, 0.1) is 17.0 Å². The highest BCUT2D eigenvalue weighted by atomic mass is 79.9. The van der Waals surface area contributed by atoms with Crippen LogP contribution in [0.5, 0.6) is 5.75 Å². The lowest BCUT2D eigenvalue weighted by Gasteiger charge is -2.25. The van der Waals surface area contributed by atoms with E-state index in [0.717, 1.165) is 4.47 Å². The number of ether oxygens (including phenoxy) is 1. The Balaban J connectivity index is 1.74. The van der Waals surface area contributed by atoms with E-state index in [1.165, 1.54) is 11.8 Å². The molecule has 1 aliphatic rings. The number of rotatable bonds is 6. The lowest BCUT2D eigenvalue weighted by atomic mass is 9.98. The topological polar surface area (TPSA) is 76.8 Å². The molecular weight excluding hydrogens is 510 g/mol. The van der Waals surface area contributed by atoms with E-state index < -0.39 is 11.9 Å². The fourth-order valence-corrected chi connectivity index (χ4v) is 4.67. The molecule has 0 radical (unpaired) electrons. The third-order valence-corrected chi connectivity index (χ3v) is 6.42. The second-order valence-electron chi connectivity index (χ2n) is 8.17. The molecular formula is C28H20BrNO5. The Morgan fingerprint density at radius 2 is 1.89 bits per heavy atom. The van der Waals surface area contributed by atoms with Crippen LogP contribution in [0.25, 0.3) is 11.0 Å². The van der Waals surface area contributed by atoms with Crippen molar-refractivity contribution in [3.63, 3.8) is 0 Å². The maximum absolute atomic E-state index is 13.7. The Kier molecular flexibility index (Phi) is 5.86. The van der Waals surface area contributed by atoms with Crippen LogP contribution in [0, 0.1) is 0 Å². The molecule has 3 aromatic carbocycles. The number of Topliss-reactive ketones (excluding diaryl/α,β-unsaturated/α-hetero) is 1. The highest BCUT2D eigenvalue weighted by Gasteiger charge is 2.43. The van der Waals surface area contributed by atoms with Crippen LogP contribution in [0.4, 0.5) is 5.69 Å². The molecule has 1 unspecified atom stereocenters. The van der Waals surface area contributed by atoms with Crippen LogP contribution in [0.3, 0.4) is 0 Å². The van der Waals surface area contributed by atoms with Crippen molar-refractivity contribution in [2.75, 3.05) is 11.5 Å². The molecule has 0 bridgehead atoms. The van der Waals surface area contributed by atoms with Gasteiger partial charge in [0.1, 0.15) is 17.9 Å². The van der Waals surface area contributed by atoms with Crippen molar-refractivity contribution in [3.8, 4) is 5.75 Å². The van der Waals surface area contributed by atoms with E-state index in [9.17, 15) is 14.4 Å². The predicted octanol–water partition coefficient (Wildman–Crippen LogP) is 6.07. The van der Waals surface area contributed by atoms with Crippen LogP contribution in [0.1, 0.15) is 45.0 Å². The molecule has 2 heterocycles. The summed E-state index contributed by atoms with van der Waals surface area (Å²) < 4.78 is 12.4. The van der Waals surface area contributed by atoms with Gasteiger partial charge >= 0.3 is 0 Å². The fraction of sp³-hybridized carbons (Fsp3) is 0.107. The summed E-state index contributed by atoms with van der Waals surface area (Å²) in [7, 11) is 0. The smallest absolute Gasteiger partial charge is 0.295 e. The molecule has 0 saturated heterocycles. The maximum atomic E-state index is 13.7. The van der Waals surface area contributed by atoms with Crippen LogP contribution >= 0.6 is 15.9 Å². The van der Waals surface area contributed by atoms with Gasteiger partial charge in [-0.05, 0) is 67.1 Å². The summed E-state index contributed by atoms with van der Waals surface area (Å²) in [6, 6.07) is 18.4. The summed E-state index contributed by atoms with van der Waals surface area (Å²) in [5.41, 5.74) is 2.08. The van der Waals surface area contributed by atoms with Crippen LogP contribution in [-0.4, -0.2) is 18.3 Å². The molecule has 1 aromatic heterocycles. The summed E-state index contributed by atoms with van der Waals surface area (Å²) in [4.78, 5) is 40.7. The van der Waals surface area contributed by atoms with Crippen molar-refractivity contribution in [2.24, 2.45) is 0 Å². The average Bonchev–Trinajstić information content (AvgIpc) is 3.16. The van der Waals surface area contributed by atoms with Gasteiger partial charge in [-0.25, -0.2) is 0 Å². The van der Waals surface area contributed by atoms with Crippen molar-refractivity contribution in [3.05, 3.63) is 117 Å². The van der Waals surface area contributed by atoms with Gasteiger partial charge in [0.15, 0.2) is 11.2 Å². The zero-order valence-corrected chi connectivity index (χ0v) is 20.4. The molecule has 1 atom stereocenters. The number of fused-ring (bicyclic) bond motifs is 2. The molecule has 0 spiro atoms. The van der Waals surface area contributed by atoms with Crippen molar-refractivity contribution < 1.29 is 18.7 Å². The molecule has 5 rings (SSSR count). The number of carbonyl (C=O) groups excluding carboxylic acids is 2. The molecule has 0 aliphatic carbocycles. The summed E-state index contributed by atoms with van der Waals surface area (Å²) >= 11 is 3.41. The normalized spacial score (nSPS) is 14.7. The second kappa shape index (κ2) is 9.00. The summed E-state index contributed by atoms with van der Waals surface area (Å²) in [5, 5.41) is 0.378. The van der Waals surface area contributed by atoms with E-state index in [-0.39, 0.29) is 22.5 Å². The minimum Gasteiger partial charge on any atom is -0.490 e. The molecule has 6 nitrogen and oxygen atoms in total. The largest absolute Gasteiger partial charge is 0.490 e. The lowest BCUT2D eigenvalue weighted by Crippen LogP contribution is -2.29. The first-order valence-corrected chi connectivity index (χ1v) is 11.7. The van der Waals surface area contributed by atoms with Gasteiger partial charge in [-0.1, -0.05) is 40.7 Å². The minimum atomic E-state index is -0.743. The standard InChI is InChI=1S/C28H20BrNO5/c1-3-13-34-21-6-4-5-18(14-21)25-24-26(32)22-15-19(29)9-12-23(22)35-27(24)28(33)30(25)20-10-7-17(8-11-20)16(2)31/h3-12,14-15,25H,1,13H2,2H3. The number of anilines is 1. The Morgan fingerprint density at radius 3 is 2.60 bits per heavy atom. The first-order valence-electron chi connectivity index (χ1n) is 10.9. The molecule has 4 aromatic rings. The number of carbonyl (C=O) groups is 2. The molecule has 1 amide bonds. The van der Waals surface area contributed by atoms with Crippen molar-refractivity contribution in [1.82, 2.24) is 0 Å². The summed E-state index contributed by atoms with van der Waals surface area (Å²) in [5.74, 6) is 0.0794. The van der Waals surface area contributed by atoms with Gasteiger partial charge in [0.25, 0.3) is 5.91 Å². The van der Waals surface area contributed by atoms with Crippen molar-refractivity contribution in [2.45, 2.75) is 13.0 Å². The quantitative estimate of drug-likeness (QED) is 0.223. The number of ketones is 1. The Morgan fingerprint density at radius 1 is 1.11 bits per heavy atom. The molecule has 174 valence electrons. The Labute approximate surface area is 209 Å². The van der Waals surface area contributed by atoms with E-state index in [2.05, 4.69) is 22.5 Å². The van der Waals surface area contributed by atoms with Gasteiger partial charge in [-0.3, -0.25) is 19.3 Å². The van der Waals surface area contributed by atoms with E-state index in [1.54, 1.807) is 60.7 Å². The van der Waals surface area contributed by atoms with E-state index >= 15 is 0 Å². The van der Waals surface area contributed by atoms with Crippen LogP contribution in [0.15, 0.2) is 93.1 Å². The molecule has 1 aliphatic heterocycles. The fourth-order valence-electron chi connectivity index (χ4n) is 4.31. The van der Waals surface area contributed by atoms with Gasteiger partial charge in [0, 0.05) is 15.7 Å². The highest BCUT2D eigenvalue weighted by molar-refractivity contribution is 9.10. The summed E-state index contributed by atoms with van der Waals surface area (Å²) in [6.45, 7) is 5.48. The Bertz CT molecular complexity index is 1550. The van der Waals surface area contributed by atoms with Crippen LogP contribution in [0.2, 0.25) is 0 Å². The second-order valence-corrected chi connectivity index (χ2v) is 9.08. The predicted molar refractivity (Wildman–Crippen MR) is 137 cm³/mol. The molecule has 35 heavy (non-hydrogen) atoms. The third-order valence-electron chi connectivity index (χ3n) is 5.93. The SMILES string of the molecule is C=CCOc1cccc(C2c3c(oc4ccc(Br)cc4c3=O)C(=O)N2c2ccc(C(C)=O)cc2)c1. The van der Waals surface area contributed by atoms with Crippen LogP contribution < -0.4 is 15.1 Å². The minimum absolute atomic E-state index is 0.00267. The van der Waals surface area contributed by atoms with E-state index in [4.69, 9.17) is 9.15 Å². The summed E-state index contributed by atoms with van der Waals surface area (Å²) in [6.07, 6.45) is 1.64.